The lowest BCUT2D eigenvalue weighted by Crippen LogP contribution is -2.38. The lowest BCUT2D eigenvalue weighted by Gasteiger charge is -2.26. The summed E-state index contributed by atoms with van der Waals surface area (Å²) < 4.78 is 10.5. The molecule has 0 bridgehead atoms. The predicted octanol–water partition coefficient (Wildman–Crippen LogP) is 1.54. The van der Waals surface area contributed by atoms with Crippen molar-refractivity contribution >= 4 is 5.91 Å². The third-order valence-electron chi connectivity index (χ3n) is 4.25. The van der Waals surface area contributed by atoms with Gasteiger partial charge in [0, 0.05) is 25.2 Å². The van der Waals surface area contributed by atoms with E-state index in [-0.39, 0.29) is 5.91 Å². The van der Waals surface area contributed by atoms with E-state index >= 15 is 0 Å². The van der Waals surface area contributed by atoms with Gasteiger partial charge < -0.3 is 14.8 Å². The minimum absolute atomic E-state index is 0.130. The van der Waals surface area contributed by atoms with Crippen molar-refractivity contribution in [1.29, 1.82) is 0 Å². The number of amides is 1. The molecule has 7 nitrogen and oxygen atoms in total. The molecular formula is C18H24N4O3. The number of ether oxygens (including phenoxy) is 2. The molecule has 1 aromatic carbocycles. The molecule has 1 fully saturated rings. The molecule has 0 spiro atoms. The summed E-state index contributed by atoms with van der Waals surface area (Å²) in [6.07, 6.45) is 0.922. The van der Waals surface area contributed by atoms with Crippen LogP contribution in [0.4, 0.5) is 0 Å². The Bertz CT molecular complexity index is 678. The van der Waals surface area contributed by atoms with Crippen molar-refractivity contribution in [3.8, 4) is 17.0 Å². The van der Waals surface area contributed by atoms with Gasteiger partial charge in [0.2, 0.25) is 0 Å². The second-order valence-corrected chi connectivity index (χ2v) is 5.96. The molecule has 7 heteroatoms. The van der Waals surface area contributed by atoms with Crippen LogP contribution < -0.4 is 10.1 Å². The van der Waals surface area contributed by atoms with E-state index in [1.807, 2.05) is 24.3 Å². The van der Waals surface area contributed by atoms with E-state index in [1.165, 1.54) is 0 Å². The van der Waals surface area contributed by atoms with E-state index in [0.717, 1.165) is 56.3 Å². The second-order valence-electron chi connectivity index (χ2n) is 5.96. The molecule has 25 heavy (non-hydrogen) atoms. The number of H-pyrrole nitrogens is 1. The van der Waals surface area contributed by atoms with Gasteiger partial charge in [-0.05, 0) is 43.3 Å². The Balaban J connectivity index is 1.46. The number of nitrogens with zero attached hydrogens (tertiary/aromatic N) is 2. The Kier molecular flexibility index (Phi) is 6.03. The molecule has 1 aromatic heterocycles. The third-order valence-corrected chi connectivity index (χ3v) is 4.25. The van der Waals surface area contributed by atoms with Crippen molar-refractivity contribution in [2.75, 3.05) is 46.5 Å². The summed E-state index contributed by atoms with van der Waals surface area (Å²) in [5.74, 6) is 0.659. The van der Waals surface area contributed by atoms with Crippen LogP contribution in [0.3, 0.4) is 0 Å². The molecule has 2 heterocycles. The number of rotatable bonds is 7. The highest BCUT2D eigenvalue weighted by Crippen LogP contribution is 2.21. The minimum Gasteiger partial charge on any atom is -0.497 e. The van der Waals surface area contributed by atoms with E-state index in [0.29, 0.717) is 12.2 Å². The maximum Gasteiger partial charge on any atom is 0.269 e. The largest absolute Gasteiger partial charge is 0.497 e. The fourth-order valence-electron chi connectivity index (χ4n) is 2.77. The van der Waals surface area contributed by atoms with Crippen LogP contribution in [0.25, 0.3) is 11.3 Å². The topological polar surface area (TPSA) is 79.5 Å². The number of hydrogen-bond donors (Lipinski definition) is 2. The Hall–Kier alpha value is -2.38. The van der Waals surface area contributed by atoms with E-state index in [2.05, 4.69) is 20.4 Å². The van der Waals surface area contributed by atoms with Crippen LogP contribution >= 0.6 is 0 Å². The van der Waals surface area contributed by atoms with Gasteiger partial charge in [0.05, 0.1) is 26.0 Å². The molecular weight excluding hydrogens is 320 g/mol. The smallest absolute Gasteiger partial charge is 0.269 e. The van der Waals surface area contributed by atoms with Gasteiger partial charge in [-0.1, -0.05) is 0 Å². The Morgan fingerprint density at radius 1 is 1.32 bits per heavy atom. The average Bonchev–Trinajstić information content (AvgIpc) is 3.16. The van der Waals surface area contributed by atoms with E-state index in [9.17, 15) is 4.79 Å². The maximum absolute atomic E-state index is 12.2. The molecule has 1 saturated heterocycles. The number of aromatic nitrogens is 2. The molecule has 1 aliphatic heterocycles. The van der Waals surface area contributed by atoms with Crippen LogP contribution in [0, 0.1) is 0 Å². The van der Waals surface area contributed by atoms with Crippen molar-refractivity contribution in [2.24, 2.45) is 0 Å². The van der Waals surface area contributed by atoms with Crippen molar-refractivity contribution in [1.82, 2.24) is 20.4 Å². The molecule has 0 aliphatic carbocycles. The van der Waals surface area contributed by atoms with Crippen LogP contribution in [0.15, 0.2) is 30.3 Å². The Morgan fingerprint density at radius 3 is 2.80 bits per heavy atom. The van der Waals surface area contributed by atoms with Crippen molar-refractivity contribution in [3.63, 3.8) is 0 Å². The normalized spacial score (nSPS) is 15.1. The predicted molar refractivity (Wildman–Crippen MR) is 94.8 cm³/mol. The molecule has 0 unspecified atom stereocenters. The van der Waals surface area contributed by atoms with Gasteiger partial charge in [-0.3, -0.25) is 14.8 Å². The van der Waals surface area contributed by atoms with E-state index in [4.69, 9.17) is 9.47 Å². The first kappa shape index (κ1) is 17.4. The van der Waals surface area contributed by atoms with Gasteiger partial charge in [0.15, 0.2) is 0 Å². The lowest BCUT2D eigenvalue weighted by atomic mass is 10.1. The first-order chi connectivity index (χ1) is 12.3. The number of morpholine rings is 1. The number of benzene rings is 1. The SMILES string of the molecule is COc1ccc(-c2cc(C(=O)NCCCN3CCOCC3)[nH]n2)cc1. The molecule has 0 atom stereocenters. The summed E-state index contributed by atoms with van der Waals surface area (Å²) in [5.41, 5.74) is 2.14. The van der Waals surface area contributed by atoms with Crippen molar-refractivity contribution in [3.05, 3.63) is 36.0 Å². The van der Waals surface area contributed by atoms with Gasteiger partial charge >= 0.3 is 0 Å². The third kappa shape index (κ3) is 4.80. The summed E-state index contributed by atoms with van der Waals surface area (Å²) >= 11 is 0. The zero-order valence-electron chi connectivity index (χ0n) is 14.5. The number of aromatic amines is 1. The summed E-state index contributed by atoms with van der Waals surface area (Å²) in [4.78, 5) is 14.6. The van der Waals surface area contributed by atoms with Gasteiger partial charge in [-0.25, -0.2) is 0 Å². The highest BCUT2D eigenvalue weighted by molar-refractivity contribution is 5.93. The van der Waals surface area contributed by atoms with Crippen molar-refractivity contribution < 1.29 is 14.3 Å². The van der Waals surface area contributed by atoms with Crippen molar-refractivity contribution in [2.45, 2.75) is 6.42 Å². The second kappa shape index (κ2) is 8.64. The van der Waals surface area contributed by atoms with Crippen LogP contribution in [0.2, 0.25) is 0 Å². The Labute approximate surface area is 147 Å². The van der Waals surface area contributed by atoms with Crippen LogP contribution in [0.5, 0.6) is 5.75 Å². The molecule has 1 aliphatic rings. The monoisotopic (exact) mass is 344 g/mol. The summed E-state index contributed by atoms with van der Waals surface area (Å²) in [5, 5.41) is 9.95. The summed E-state index contributed by atoms with van der Waals surface area (Å²) in [6.45, 7) is 5.17. The van der Waals surface area contributed by atoms with Gasteiger partial charge in [-0.15, -0.1) is 0 Å². The highest BCUT2D eigenvalue weighted by Gasteiger charge is 2.12. The molecule has 1 amide bonds. The number of hydrogen-bond acceptors (Lipinski definition) is 5. The quantitative estimate of drug-likeness (QED) is 0.745. The zero-order valence-corrected chi connectivity index (χ0v) is 14.5. The minimum atomic E-state index is -0.130. The molecule has 3 rings (SSSR count). The van der Waals surface area contributed by atoms with E-state index < -0.39 is 0 Å². The van der Waals surface area contributed by atoms with Crippen LogP contribution in [0.1, 0.15) is 16.9 Å². The van der Waals surface area contributed by atoms with Gasteiger partial charge in [0.25, 0.3) is 5.91 Å². The summed E-state index contributed by atoms with van der Waals surface area (Å²) in [7, 11) is 1.63. The molecule has 0 radical (unpaired) electrons. The fourth-order valence-corrected chi connectivity index (χ4v) is 2.77. The van der Waals surface area contributed by atoms with Crippen LogP contribution in [-0.4, -0.2) is 67.5 Å². The number of carbonyl (C=O) groups excluding carboxylic acids is 1. The standard InChI is InChI=1S/C18H24N4O3/c1-24-15-5-3-14(4-6-15)16-13-17(21-20-16)18(23)19-7-2-8-22-9-11-25-12-10-22/h3-6,13H,2,7-12H2,1H3,(H,19,23)(H,20,21). The molecule has 2 aromatic rings. The zero-order chi connectivity index (χ0) is 17.5. The number of methoxy groups -OCH3 is 1. The fraction of sp³-hybridized carbons (Fsp3) is 0.444. The highest BCUT2D eigenvalue weighted by atomic mass is 16.5. The summed E-state index contributed by atoms with van der Waals surface area (Å²) in [6, 6.07) is 9.34. The lowest BCUT2D eigenvalue weighted by molar-refractivity contribution is 0.0374. The number of nitrogens with one attached hydrogen (secondary N) is 2. The van der Waals surface area contributed by atoms with Gasteiger partial charge in [-0.2, -0.15) is 5.10 Å². The van der Waals surface area contributed by atoms with Gasteiger partial charge in [0.1, 0.15) is 11.4 Å². The number of carbonyl (C=O) groups is 1. The van der Waals surface area contributed by atoms with Crippen LogP contribution in [-0.2, 0) is 4.74 Å². The maximum atomic E-state index is 12.2. The molecule has 134 valence electrons. The average molecular weight is 344 g/mol. The molecule has 2 N–H and O–H groups in total. The first-order valence-electron chi connectivity index (χ1n) is 8.54. The Morgan fingerprint density at radius 2 is 2.08 bits per heavy atom. The van der Waals surface area contributed by atoms with E-state index in [1.54, 1.807) is 13.2 Å². The molecule has 0 saturated carbocycles. The first-order valence-corrected chi connectivity index (χ1v) is 8.54.